The van der Waals surface area contributed by atoms with Crippen LogP contribution in [0.5, 0.6) is 0 Å². The normalized spacial score (nSPS) is 11.5. The van der Waals surface area contributed by atoms with Gasteiger partial charge < -0.3 is 5.32 Å². The van der Waals surface area contributed by atoms with Gasteiger partial charge in [0.15, 0.2) is 17.5 Å². The van der Waals surface area contributed by atoms with Crippen molar-refractivity contribution in [3.05, 3.63) is 29.6 Å². The van der Waals surface area contributed by atoms with Gasteiger partial charge in [0.2, 0.25) is 10.0 Å². The third-order valence-electron chi connectivity index (χ3n) is 1.74. The number of benzene rings is 1. The Kier molecular flexibility index (Phi) is 3.76. The van der Waals surface area contributed by atoms with Crippen LogP contribution in [0.1, 0.15) is 0 Å². The Morgan fingerprint density at radius 2 is 1.81 bits per heavy atom. The van der Waals surface area contributed by atoms with Gasteiger partial charge in [-0.15, -0.1) is 0 Å². The monoisotopic (exact) mass is 254 g/mol. The molecule has 0 unspecified atom stereocenters. The molecule has 0 heterocycles. The second-order valence-corrected chi connectivity index (χ2v) is 4.75. The zero-order valence-electron chi connectivity index (χ0n) is 8.00. The quantitative estimate of drug-likeness (QED) is 0.781. The van der Waals surface area contributed by atoms with Crippen LogP contribution in [0.4, 0.5) is 18.9 Å². The number of hydrogen-bond acceptors (Lipinski definition) is 3. The van der Waals surface area contributed by atoms with Crippen molar-refractivity contribution in [2.45, 2.75) is 0 Å². The van der Waals surface area contributed by atoms with Gasteiger partial charge in [0, 0.05) is 6.54 Å². The van der Waals surface area contributed by atoms with Crippen molar-refractivity contribution in [2.24, 2.45) is 5.14 Å². The van der Waals surface area contributed by atoms with E-state index < -0.39 is 33.2 Å². The lowest BCUT2D eigenvalue weighted by atomic mass is 10.3. The van der Waals surface area contributed by atoms with Gasteiger partial charge in [0.25, 0.3) is 0 Å². The van der Waals surface area contributed by atoms with Crippen LogP contribution in [-0.4, -0.2) is 20.7 Å². The van der Waals surface area contributed by atoms with E-state index in [-0.39, 0.29) is 12.2 Å². The number of halogens is 3. The molecule has 90 valence electrons. The zero-order valence-corrected chi connectivity index (χ0v) is 8.82. The molecular weight excluding hydrogens is 245 g/mol. The van der Waals surface area contributed by atoms with Gasteiger partial charge in [-0.2, -0.15) is 0 Å². The Labute approximate surface area is 90.3 Å². The molecule has 0 saturated heterocycles. The van der Waals surface area contributed by atoms with Gasteiger partial charge in [-0.3, -0.25) is 0 Å². The van der Waals surface area contributed by atoms with E-state index in [9.17, 15) is 21.6 Å². The Balaban J connectivity index is 2.72. The topological polar surface area (TPSA) is 72.2 Å². The smallest absolute Gasteiger partial charge is 0.210 e. The fraction of sp³-hybridized carbons (Fsp3) is 0.250. The molecule has 0 bridgehead atoms. The van der Waals surface area contributed by atoms with Crippen LogP contribution >= 0.6 is 0 Å². The largest absolute Gasteiger partial charge is 0.382 e. The Morgan fingerprint density at radius 1 is 1.19 bits per heavy atom. The number of primary sulfonamides is 1. The molecule has 0 fully saturated rings. The number of hydrogen-bond donors (Lipinski definition) is 2. The highest BCUT2D eigenvalue weighted by molar-refractivity contribution is 7.89. The lowest BCUT2D eigenvalue weighted by Crippen LogP contribution is -2.22. The highest BCUT2D eigenvalue weighted by Gasteiger charge is 2.13. The summed E-state index contributed by atoms with van der Waals surface area (Å²) in [7, 11) is -3.68. The number of nitrogens with two attached hydrogens (primary N) is 1. The zero-order chi connectivity index (χ0) is 12.3. The van der Waals surface area contributed by atoms with Gasteiger partial charge >= 0.3 is 0 Å². The van der Waals surface area contributed by atoms with E-state index >= 15 is 0 Å². The minimum Gasteiger partial charge on any atom is -0.382 e. The maximum Gasteiger partial charge on any atom is 0.210 e. The summed E-state index contributed by atoms with van der Waals surface area (Å²) in [6.45, 7) is -0.194. The van der Waals surface area contributed by atoms with Crippen LogP contribution < -0.4 is 10.5 Å². The maximum atomic E-state index is 13.0. The molecule has 8 heteroatoms. The molecule has 0 spiro atoms. The summed E-state index contributed by atoms with van der Waals surface area (Å²) in [5.74, 6) is -4.75. The molecule has 1 aromatic carbocycles. The minimum absolute atomic E-state index is 0.194. The molecule has 0 aliphatic rings. The number of nitrogens with one attached hydrogen (secondary N) is 1. The Morgan fingerprint density at radius 3 is 2.38 bits per heavy atom. The van der Waals surface area contributed by atoms with Crippen molar-refractivity contribution >= 4 is 15.7 Å². The van der Waals surface area contributed by atoms with Crippen LogP contribution in [0.15, 0.2) is 12.1 Å². The summed E-state index contributed by atoms with van der Waals surface area (Å²) >= 11 is 0. The lowest BCUT2D eigenvalue weighted by molar-refractivity contribution is 0.449. The third kappa shape index (κ3) is 3.38. The van der Waals surface area contributed by atoms with E-state index in [2.05, 4.69) is 5.32 Å². The van der Waals surface area contributed by atoms with Crippen molar-refractivity contribution in [1.29, 1.82) is 0 Å². The number of sulfonamides is 1. The van der Waals surface area contributed by atoms with Crippen LogP contribution in [0.25, 0.3) is 0 Å². The first-order valence-corrected chi connectivity index (χ1v) is 5.90. The molecule has 0 amide bonds. The van der Waals surface area contributed by atoms with Crippen LogP contribution in [-0.2, 0) is 10.0 Å². The second kappa shape index (κ2) is 4.71. The van der Waals surface area contributed by atoms with Gasteiger partial charge in [-0.05, 0) is 12.1 Å². The highest BCUT2D eigenvalue weighted by atomic mass is 32.2. The van der Waals surface area contributed by atoms with E-state index in [1.165, 1.54) is 0 Å². The highest BCUT2D eigenvalue weighted by Crippen LogP contribution is 2.19. The molecule has 1 aromatic rings. The summed E-state index contributed by atoms with van der Waals surface area (Å²) in [6, 6.07) is 1.70. The standard InChI is InChI=1S/C8H9F3N2O2S/c9-5-1-2-6(8(11)7(5)10)13-3-4-16(12,14)15/h1-2,13H,3-4H2,(H2,12,14,15). The molecule has 0 saturated carbocycles. The Bertz CT molecular complexity index is 490. The van der Waals surface area contributed by atoms with Crippen LogP contribution in [0.2, 0.25) is 0 Å². The first-order chi connectivity index (χ1) is 7.31. The van der Waals surface area contributed by atoms with E-state index in [0.29, 0.717) is 0 Å². The summed E-state index contributed by atoms with van der Waals surface area (Å²) in [6.07, 6.45) is 0. The van der Waals surface area contributed by atoms with Crippen LogP contribution in [0, 0.1) is 17.5 Å². The minimum atomic E-state index is -3.68. The van der Waals surface area contributed by atoms with Crippen molar-refractivity contribution in [3.8, 4) is 0 Å². The van der Waals surface area contributed by atoms with E-state index in [1.807, 2.05) is 0 Å². The number of anilines is 1. The SMILES string of the molecule is NS(=O)(=O)CCNc1ccc(F)c(F)c1F. The average molecular weight is 254 g/mol. The van der Waals surface area contributed by atoms with Crippen LogP contribution in [0.3, 0.4) is 0 Å². The molecule has 0 aliphatic heterocycles. The molecule has 1 rings (SSSR count). The summed E-state index contributed by atoms with van der Waals surface area (Å²) in [5, 5.41) is 6.99. The molecule has 0 atom stereocenters. The predicted octanol–water partition coefficient (Wildman–Crippen LogP) is 0.804. The van der Waals surface area contributed by atoms with Gasteiger partial charge in [0.05, 0.1) is 11.4 Å². The molecule has 0 aliphatic carbocycles. The first kappa shape index (κ1) is 12.8. The summed E-state index contributed by atoms with van der Waals surface area (Å²) in [5.41, 5.74) is -0.317. The fourth-order valence-corrected chi connectivity index (χ4v) is 1.38. The molecule has 16 heavy (non-hydrogen) atoms. The van der Waals surface area contributed by atoms with Gasteiger partial charge in [-0.1, -0.05) is 0 Å². The van der Waals surface area contributed by atoms with Crippen molar-refractivity contribution < 1.29 is 21.6 Å². The summed E-state index contributed by atoms with van der Waals surface area (Å²) < 4.78 is 59.3. The van der Waals surface area contributed by atoms with Gasteiger partial charge in [0.1, 0.15) is 0 Å². The molecular formula is C8H9F3N2O2S. The van der Waals surface area contributed by atoms with Crippen molar-refractivity contribution in [2.75, 3.05) is 17.6 Å². The molecule has 0 aromatic heterocycles. The first-order valence-electron chi connectivity index (χ1n) is 4.19. The predicted molar refractivity (Wildman–Crippen MR) is 52.8 cm³/mol. The fourth-order valence-electron chi connectivity index (χ4n) is 0.990. The second-order valence-electron chi connectivity index (χ2n) is 3.02. The van der Waals surface area contributed by atoms with E-state index in [1.54, 1.807) is 0 Å². The van der Waals surface area contributed by atoms with Crippen molar-refractivity contribution in [3.63, 3.8) is 0 Å². The summed E-state index contributed by atoms with van der Waals surface area (Å²) in [4.78, 5) is 0. The molecule has 4 nitrogen and oxygen atoms in total. The molecule has 0 radical (unpaired) electrons. The third-order valence-corrected chi connectivity index (χ3v) is 2.51. The Hall–Kier alpha value is -1.28. The van der Waals surface area contributed by atoms with E-state index in [0.717, 1.165) is 12.1 Å². The lowest BCUT2D eigenvalue weighted by Gasteiger charge is -2.07. The van der Waals surface area contributed by atoms with E-state index in [4.69, 9.17) is 5.14 Å². The molecule has 3 N–H and O–H groups in total. The van der Waals surface area contributed by atoms with Crippen molar-refractivity contribution in [1.82, 2.24) is 0 Å². The van der Waals surface area contributed by atoms with Gasteiger partial charge in [-0.25, -0.2) is 26.7 Å². The average Bonchev–Trinajstić information content (AvgIpc) is 2.16. The maximum absolute atomic E-state index is 13.0. The number of rotatable bonds is 4.